The molecule has 2 aromatic rings. The number of hydrogen-bond donors (Lipinski definition) is 2. The van der Waals surface area contributed by atoms with Gasteiger partial charge in [0.2, 0.25) is 0 Å². The zero-order valence-electron chi connectivity index (χ0n) is 14.1. The van der Waals surface area contributed by atoms with E-state index in [0.717, 1.165) is 0 Å². The molecule has 0 radical (unpaired) electrons. The van der Waals surface area contributed by atoms with E-state index in [4.69, 9.17) is 9.47 Å². The fraction of sp³-hybridized carbons (Fsp3) is 0.263. The number of fused-ring (bicyclic) bond motifs is 1. The van der Waals surface area contributed by atoms with Gasteiger partial charge in [-0.15, -0.1) is 0 Å². The van der Waals surface area contributed by atoms with Gasteiger partial charge in [-0.1, -0.05) is 18.2 Å². The van der Waals surface area contributed by atoms with Gasteiger partial charge >= 0.3 is 6.03 Å². The predicted octanol–water partition coefficient (Wildman–Crippen LogP) is 1.79. The number of nitrogens with one attached hydrogen (secondary N) is 2. The molecule has 2 heterocycles. The molecule has 0 spiro atoms. The second kappa shape index (κ2) is 6.95. The molecule has 26 heavy (non-hydrogen) atoms. The lowest BCUT2D eigenvalue weighted by molar-refractivity contribution is 0.0789. The molecule has 1 fully saturated rings. The number of benzene rings is 2. The summed E-state index contributed by atoms with van der Waals surface area (Å²) in [7, 11) is 0. The third-order valence-electron chi connectivity index (χ3n) is 4.33. The molecule has 2 aliphatic rings. The normalized spacial score (nSPS) is 18.4. The van der Waals surface area contributed by atoms with E-state index in [1.807, 2.05) is 30.3 Å². The summed E-state index contributed by atoms with van der Waals surface area (Å²) in [6, 6.07) is 14.3. The smallest absolute Gasteiger partial charge is 0.321 e. The summed E-state index contributed by atoms with van der Waals surface area (Å²) in [5.41, 5.74) is 1.21. The van der Waals surface area contributed by atoms with Crippen LogP contribution in [0, 0.1) is 0 Å². The van der Waals surface area contributed by atoms with Gasteiger partial charge in [-0.05, 0) is 30.3 Å². The molecule has 2 aliphatic heterocycles. The van der Waals surface area contributed by atoms with Gasteiger partial charge in [0, 0.05) is 24.3 Å². The summed E-state index contributed by atoms with van der Waals surface area (Å²) in [5.74, 6) is 1.18. The van der Waals surface area contributed by atoms with Crippen LogP contribution in [0.15, 0.2) is 48.5 Å². The van der Waals surface area contributed by atoms with Gasteiger partial charge in [0.1, 0.15) is 12.7 Å². The minimum Gasteiger partial charge on any atom is -0.486 e. The van der Waals surface area contributed by atoms with Crippen LogP contribution in [-0.2, 0) is 0 Å². The van der Waals surface area contributed by atoms with Crippen LogP contribution in [0.1, 0.15) is 10.4 Å². The zero-order valence-corrected chi connectivity index (χ0v) is 14.1. The van der Waals surface area contributed by atoms with Crippen molar-refractivity contribution in [1.29, 1.82) is 0 Å². The van der Waals surface area contributed by atoms with Gasteiger partial charge in [-0.25, -0.2) is 4.79 Å². The SMILES string of the molecule is O=C(NC[C@H]1COc2ccccc2O1)c1cccc(N2CCNC2=O)c1. The number of carbonyl (C=O) groups is 2. The Hall–Kier alpha value is -3.22. The molecule has 2 aromatic carbocycles. The predicted molar refractivity (Wildman–Crippen MR) is 95.9 cm³/mol. The highest BCUT2D eigenvalue weighted by Crippen LogP contribution is 2.30. The van der Waals surface area contributed by atoms with E-state index in [9.17, 15) is 9.59 Å². The van der Waals surface area contributed by atoms with Crippen molar-refractivity contribution in [2.45, 2.75) is 6.10 Å². The average Bonchev–Trinajstić information content (AvgIpc) is 3.12. The molecule has 0 aromatic heterocycles. The maximum absolute atomic E-state index is 12.5. The van der Waals surface area contributed by atoms with Gasteiger partial charge < -0.3 is 20.1 Å². The lowest BCUT2D eigenvalue weighted by Gasteiger charge is -2.26. The molecule has 0 bridgehead atoms. The molecule has 134 valence electrons. The number of carbonyl (C=O) groups excluding carboxylic acids is 2. The number of ether oxygens (including phenoxy) is 2. The molecule has 0 aliphatic carbocycles. The largest absolute Gasteiger partial charge is 0.486 e. The summed E-state index contributed by atoms with van der Waals surface area (Å²) in [5, 5.41) is 5.61. The minimum atomic E-state index is -0.249. The number of para-hydroxylation sites is 2. The van der Waals surface area contributed by atoms with Crippen LogP contribution in [0.25, 0.3) is 0 Å². The molecule has 0 unspecified atom stereocenters. The van der Waals surface area contributed by atoms with Crippen LogP contribution in [0.3, 0.4) is 0 Å². The maximum Gasteiger partial charge on any atom is 0.321 e. The molecule has 4 rings (SSSR count). The molecule has 0 saturated carbocycles. The monoisotopic (exact) mass is 353 g/mol. The Balaban J connectivity index is 1.38. The van der Waals surface area contributed by atoms with Crippen LogP contribution in [0.2, 0.25) is 0 Å². The molecule has 1 atom stereocenters. The van der Waals surface area contributed by atoms with E-state index < -0.39 is 0 Å². The van der Waals surface area contributed by atoms with E-state index >= 15 is 0 Å². The highest BCUT2D eigenvalue weighted by Gasteiger charge is 2.23. The summed E-state index contributed by atoms with van der Waals surface area (Å²) >= 11 is 0. The topological polar surface area (TPSA) is 79.9 Å². The van der Waals surface area contributed by atoms with Crippen molar-refractivity contribution in [3.05, 3.63) is 54.1 Å². The van der Waals surface area contributed by atoms with E-state index in [2.05, 4.69) is 10.6 Å². The fourth-order valence-corrected chi connectivity index (χ4v) is 3.01. The van der Waals surface area contributed by atoms with Crippen LogP contribution in [-0.4, -0.2) is 44.3 Å². The van der Waals surface area contributed by atoms with Crippen molar-refractivity contribution >= 4 is 17.6 Å². The molecule has 1 saturated heterocycles. The standard InChI is InChI=1S/C19H19N3O4/c23-18(13-4-3-5-14(10-13)22-9-8-20-19(22)24)21-11-15-12-25-16-6-1-2-7-17(16)26-15/h1-7,10,15H,8-9,11-12H2,(H,20,24)(H,21,23)/t15-/m0/s1. The van der Waals surface area contributed by atoms with Crippen molar-refractivity contribution < 1.29 is 19.1 Å². The van der Waals surface area contributed by atoms with Crippen molar-refractivity contribution in [2.75, 3.05) is 31.1 Å². The summed E-state index contributed by atoms with van der Waals surface area (Å²) in [4.78, 5) is 25.8. The van der Waals surface area contributed by atoms with E-state index in [-0.39, 0.29) is 18.0 Å². The Bertz CT molecular complexity index is 839. The first-order valence-corrected chi connectivity index (χ1v) is 8.53. The summed E-state index contributed by atoms with van der Waals surface area (Å²) < 4.78 is 11.5. The van der Waals surface area contributed by atoms with Crippen LogP contribution < -0.4 is 25.0 Å². The first-order valence-electron chi connectivity index (χ1n) is 8.53. The summed E-state index contributed by atoms with van der Waals surface area (Å²) in [6.45, 7) is 1.92. The van der Waals surface area contributed by atoms with Crippen molar-refractivity contribution in [3.8, 4) is 11.5 Å². The number of anilines is 1. The quantitative estimate of drug-likeness (QED) is 0.878. The van der Waals surface area contributed by atoms with E-state index in [1.165, 1.54) is 0 Å². The molecular formula is C19H19N3O4. The first kappa shape index (κ1) is 16.3. The lowest BCUT2D eigenvalue weighted by atomic mass is 10.1. The first-order chi connectivity index (χ1) is 12.7. The Morgan fingerprint density at radius 3 is 2.85 bits per heavy atom. The molecule has 3 amide bonds. The van der Waals surface area contributed by atoms with Crippen molar-refractivity contribution in [1.82, 2.24) is 10.6 Å². The van der Waals surface area contributed by atoms with Gasteiger partial charge in [0.05, 0.1) is 6.54 Å². The Morgan fingerprint density at radius 2 is 2.04 bits per heavy atom. The molecule has 7 heteroatoms. The van der Waals surface area contributed by atoms with Crippen LogP contribution in [0.5, 0.6) is 11.5 Å². The number of amides is 3. The maximum atomic E-state index is 12.5. The number of nitrogens with zero attached hydrogens (tertiary/aromatic N) is 1. The molecule has 7 nitrogen and oxygen atoms in total. The Morgan fingerprint density at radius 1 is 1.19 bits per heavy atom. The second-order valence-corrected chi connectivity index (χ2v) is 6.14. The number of rotatable bonds is 4. The Labute approximate surface area is 150 Å². The Kier molecular flexibility index (Phi) is 4.35. The van der Waals surface area contributed by atoms with Crippen molar-refractivity contribution in [3.63, 3.8) is 0 Å². The highest BCUT2D eigenvalue weighted by molar-refractivity contribution is 5.98. The number of urea groups is 1. The molecular weight excluding hydrogens is 334 g/mol. The van der Waals surface area contributed by atoms with E-state index in [0.29, 0.717) is 49.0 Å². The summed E-state index contributed by atoms with van der Waals surface area (Å²) in [6.07, 6.45) is -0.249. The lowest BCUT2D eigenvalue weighted by Crippen LogP contribution is -2.40. The van der Waals surface area contributed by atoms with Crippen molar-refractivity contribution in [2.24, 2.45) is 0 Å². The average molecular weight is 353 g/mol. The van der Waals surface area contributed by atoms with Gasteiger partial charge in [-0.3, -0.25) is 9.69 Å². The van der Waals surface area contributed by atoms with Crippen LogP contribution in [0.4, 0.5) is 10.5 Å². The third kappa shape index (κ3) is 3.28. The molecule has 2 N–H and O–H groups in total. The van der Waals surface area contributed by atoms with Gasteiger partial charge in [-0.2, -0.15) is 0 Å². The third-order valence-corrected chi connectivity index (χ3v) is 4.33. The van der Waals surface area contributed by atoms with Crippen LogP contribution >= 0.6 is 0 Å². The fourth-order valence-electron chi connectivity index (χ4n) is 3.01. The van der Waals surface area contributed by atoms with Gasteiger partial charge in [0.15, 0.2) is 11.5 Å². The second-order valence-electron chi connectivity index (χ2n) is 6.14. The number of hydrogen-bond acceptors (Lipinski definition) is 4. The zero-order chi connectivity index (χ0) is 17.9. The van der Waals surface area contributed by atoms with Gasteiger partial charge in [0.25, 0.3) is 5.91 Å². The van der Waals surface area contributed by atoms with E-state index in [1.54, 1.807) is 23.1 Å². The minimum absolute atomic E-state index is 0.144. The highest BCUT2D eigenvalue weighted by atomic mass is 16.6.